The molecule has 5 saturated carbocycles. The first-order valence-corrected chi connectivity index (χ1v) is 17.5. The molecule has 1 aliphatic heterocycles. The van der Waals surface area contributed by atoms with Crippen LogP contribution in [-0.4, -0.2) is 83.2 Å². The van der Waals surface area contributed by atoms with Gasteiger partial charge in [0.15, 0.2) is 12.4 Å². The number of esters is 1. The maximum absolute atomic E-state index is 12.5. The maximum Gasteiger partial charge on any atom is 0.303 e. The van der Waals surface area contributed by atoms with E-state index in [0.29, 0.717) is 24.5 Å². The van der Waals surface area contributed by atoms with Gasteiger partial charge in [-0.25, -0.2) is 0 Å². The van der Waals surface area contributed by atoms with E-state index < -0.39 is 36.2 Å². The van der Waals surface area contributed by atoms with Gasteiger partial charge in [-0.2, -0.15) is 0 Å². The lowest BCUT2D eigenvalue weighted by Crippen LogP contribution is -2.60. The van der Waals surface area contributed by atoms with Gasteiger partial charge in [0.1, 0.15) is 0 Å². The van der Waals surface area contributed by atoms with E-state index in [-0.39, 0.29) is 64.3 Å². The zero-order chi connectivity index (χ0) is 33.0. The van der Waals surface area contributed by atoms with Gasteiger partial charge in [-0.1, -0.05) is 34.6 Å². The lowest BCUT2D eigenvalue weighted by Gasteiger charge is -2.63. The molecule has 5 aliphatic carbocycles. The Balaban J connectivity index is 1.27. The number of aliphatic hydroxyl groups excluding tert-OH is 2. The van der Waals surface area contributed by atoms with Crippen molar-refractivity contribution in [2.45, 2.75) is 149 Å². The molecule has 0 aromatic rings. The number of aldehydes is 1. The Morgan fingerprint density at radius 3 is 2.36 bits per heavy atom. The highest BCUT2D eigenvalue weighted by Gasteiger charge is 2.84. The molecule has 0 radical (unpaired) electrons. The quantitative estimate of drug-likeness (QED) is 0.192. The number of hydrogen-bond donors (Lipinski definition) is 3. The minimum absolute atomic E-state index is 0.0711. The second-order valence-corrected chi connectivity index (χ2v) is 17.5. The van der Waals surface area contributed by atoms with E-state index >= 15 is 0 Å². The summed E-state index contributed by atoms with van der Waals surface area (Å²) in [6.45, 7) is 16.2. The Morgan fingerprint density at radius 1 is 1.07 bits per heavy atom. The average Bonchev–Trinajstić information content (AvgIpc) is 3.59. The summed E-state index contributed by atoms with van der Waals surface area (Å²) in [7, 11) is 0. The number of hydrogen-bond acceptors (Lipinski definition) is 9. The number of ether oxygens (including phenoxy) is 4. The van der Waals surface area contributed by atoms with Crippen molar-refractivity contribution >= 4 is 12.3 Å². The first-order chi connectivity index (χ1) is 20.9. The lowest BCUT2D eigenvalue weighted by atomic mass is 9.41. The fraction of sp³-hybridized carbons (Fsp3) is 0.944. The van der Waals surface area contributed by atoms with E-state index in [9.17, 15) is 24.9 Å². The minimum atomic E-state index is -1.28. The second-order valence-electron chi connectivity index (χ2n) is 17.5. The van der Waals surface area contributed by atoms with Crippen molar-refractivity contribution in [3.8, 4) is 0 Å². The summed E-state index contributed by atoms with van der Waals surface area (Å²) in [4.78, 5) is 23.8. The van der Waals surface area contributed by atoms with Crippen molar-refractivity contribution < 1.29 is 43.9 Å². The molecule has 1 saturated heterocycles. The molecule has 0 aromatic carbocycles. The molecule has 9 heteroatoms. The molecule has 9 nitrogen and oxygen atoms in total. The molecule has 6 fully saturated rings. The Kier molecular flexibility index (Phi) is 8.23. The number of rotatable bonds is 9. The Hall–Kier alpha value is -1.10. The van der Waals surface area contributed by atoms with E-state index in [0.717, 1.165) is 38.5 Å². The third-order valence-electron chi connectivity index (χ3n) is 14.9. The van der Waals surface area contributed by atoms with Crippen molar-refractivity contribution in [3.05, 3.63) is 0 Å². The van der Waals surface area contributed by atoms with Crippen LogP contribution in [0.1, 0.15) is 107 Å². The Bertz CT molecular complexity index is 1170. The third kappa shape index (κ3) is 4.60. The van der Waals surface area contributed by atoms with E-state index in [1.165, 1.54) is 13.3 Å². The summed E-state index contributed by atoms with van der Waals surface area (Å²) in [5, 5.41) is 32.6. The summed E-state index contributed by atoms with van der Waals surface area (Å²) in [5.41, 5.74) is -1.47. The standard InChI is InChI=1S/C36H58O9/c1-20-17-22(30(32(5,6)41)43-21(2)39)44-28-27(20)33(7)13-14-36-19-35(36)12-11-25(45-26(18-38)42-16-15-37)31(3,4)23(35)9-10-24(36)34(33,8)29(28)40/h18,20,22-30,37,40-41H,9-17,19H2,1-8H3/t20-,22-,23+,24+,25+,26+,27+,28+,29+,30+,33-,34-,35-,36+/m1/s1. The molecule has 256 valence electrons. The number of fused-ring (bicyclic) bond motifs is 4. The maximum atomic E-state index is 12.5. The van der Waals surface area contributed by atoms with Crippen LogP contribution >= 0.6 is 0 Å². The van der Waals surface area contributed by atoms with E-state index in [1.807, 2.05) is 0 Å². The topological polar surface area (TPSA) is 132 Å². The monoisotopic (exact) mass is 634 g/mol. The van der Waals surface area contributed by atoms with Crippen molar-refractivity contribution in [3.63, 3.8) is 0 Å². The van der Waals surface area contributed by atoms with Crippen LogP contribution in [0.15, 0.2) is 0 Å². The van der Waals surface area contributed by atoms with Gasteiger partial charge in [-0.15, -0.1) is 0 Å². The smallest absolute Gasteiger partial charge is 0.303 e. The highest BCUT2D eigenvalue weighted by Crippen LogP contribution is 2.89. The molecule has 2 spiro atoms. The van der Waals surface area contributed by atoms with Crippen LogP contribution in [0.2, 0.25) is 0 Å². The number of aliphatic hydroxyl groups is 3. The van der Waals surface area contributed by atoms with Crippen molar-refractivity contribution in [1.82, 2.24) is 0 Å². The lowest BCUT2D eigenvalue weighted by molar-refractivity contribution is -0.226. The summed E-state index contributed by atoms with van der Waals surface area (Å²) in [6, 6.07) is 0. The Morgan fingerprint density at radius 2 is 1.73 bits per heavy atom. The molecular formula is C36H58O9. The van der Waals surface area contributed by atoms with Crippen LogP contribution in [0.3, 0.4) is 0 Å². The molecular weight excluding hydrogens is 576 g/mol. The fourth-order valence-electron chi connectivity index (χ4n) is 13.0. The Labute approximate surface area is 269 Å². The highest BCUT2D eigenvalue weighted by atomic mass is 16.7. The van der Waals surface area contributed by atoms with E-state index in [2.05, 4.69) is 34.6 Å². The van der Waals surface area contributed by atoms with E-state index in [1.54, 1.807) is 13.8 Å². The molecule has 6 aliphatic rings. The molecule has 0 aromatic heterocycles. The van der Waals surface area contributed by atoms with Crippen molar-refractivity contribution in [1.29, 1.82) is 0 Å². The molecule has 0 amide bonds. The van der Waals surface area contributed by atoms with Crippen LogP contribution in [0.4, 0.5) is 0 Å². The van der Waals surface area contributed by atoms with Gasteiger partial charge < -0.3 is 34.3 Å². The SMILES string of the molecule is CC(=O)O[C@@H]([C@H]1C[C@@H](C)[C@H]2[C@H](O1)[C@H](O)[C@@]1(C)[C@@H]3CC[C@H]4C(C)(C)[C@@H](O[C@@H](C=O)OCCO)CC[C@@]45C[C@@]35CC[C@]21C)C(C)(C)O. The number of carbonyl (C=O) groups excluding carboxylic acids is 2. The van der Waals surface area contributed by atoms with Crippen LogP contribution in [0, 0.1) is 50.7 Å². The van der Waals surface area contributed by atoms with Gasteiger partial charge in [-0.05, 0) is 111 Å². The van der Waals surface area contributed by atoms with Gasteiger partial charge in [-0.3, -0.25) is 9.59 Å². The zero-order valence-corrected chi connectivity index (χ0v) is 28.7. The number of carbonyl (C=O) groups is 2. The normalized spacial score (nSPS) is 49.3. The highest BCUT2D eigenvalue weighted by molar-refractivity contribution is 5.66. The first kappa shape index (κ1) is 33.8. The largest absolute Gasteiger partial charge is 0.457 e. The third-order valence-corrected chi connectivity index (χ3v) is 14.9. The summed E-state index contributed by atoms with van der Waals surface area (Å²) < 4.78 is 24.2. The summed E-state index contributed by atoms with van der Waals surface area (Å²) in [5.74, 6) is 0.796. The van der Waals surface area contributed by atoms with E-state index in [4.69, 9.17) is 18.9 Å². The molecule has 14 atom stereocenters. The van der Waals surface area contributed by atoms with Crippen LogP contribution in [-0.2, 0) is 28.5 Å². The van der Waals surface area contributed by atoms with Gasteiger partial charge in [0.25, 0.3) is 0 Å². The molecule has 0 unspecified atom stereocenters. The summed E-state index contributed by atoms with van der Waals surface area (Å²) in [6.07, 6.45) is 5.37. The molecule has 3 N–H and O–H groups in total. The van der Waals surface area contributed by atoms with Gasteiger partial charge >= 0.3 is 5.97 Å². The van der Waals surface area contributed by atoms with Gasteiger partial charge in [0, 0.05) is 12.3 Å². The van der Waals surface area contributed by atoms with Crippen LogP contribution in [0.5, 0.6) is 0 Å². The van der Waals surface area contributed by atoms with Crippen LogP contribution in [0.25, 0.3) is 0 Å². The van der Waals surface area contributed by atoms with Crippen LogP contribution < -0.4 is 0 Å². The van der Waals surface area contributed by atoms with Gasteiger partial charge in [0.05, 0.1) is 43.2 Å². The van der Waals surface area contributed by atoms with Gasteiger partial charge in [0.2, 0.25) is 6.29 Å². The average molecular weight is 635 g/mol. The predicted molar refractivity (Wildman–Crippen MR) is 166 cm³/mol. The zero-order valence-electron chi connectivity index (χ0n) is 28.7. The molecule has 0 bridgehead atoms. The second kappa shape index (κ2) is 11.0. The fourth-order valence-corrected chi connectivity index (χ4v) is 13.0. The molecule has 1 heterocycles. The van der Waals surface area contributed by atoms with Crippen molar-refractivity contribution in [2.75, 3.05) is 13.2 Å². The predicted octanol–water partition coefficient (Wildman–Crippen LogP) is 4.42. The minimum Gasteiger partial charge on any atom is -0.457 e. The molecule has 45 heavy (non-hydrogen) atoms. The summed E-state index contributed by atoms with van der Waals surface area (Å²) >= 11 is 0. The van der Waals surface area contributed by atoms with Crippen molar-refractivity contribution in [2.24, 2.45) is 50.7 Å². The first-order valence-electron chi connectivity index (χ1n) is 17.5. The molecule has 6 rings (SSSR count).